The molecule has 192 valence electrons. The van der Waals surface area contributed by atoms with E-state index in [1.165, 1.54) is 64.2 Å². The summed E-state index contributed by atoms with van der Waals surface area (Å²) in [6, 6.07) is 3.18. The molecule has 0 spiro atoms. The fourth-order valence-electron chi connectivity index (χ4n) is 4.43. The smallest absolute Gasteiger partial charge is 0.408 e. The Morgan fingerprint density at radius 2 is 1.53 bits per heavy atom. The second-order valence-corrected chi connectivity index (χ2v) is 10.3. The number of ether oxygens (including phenoxy) is 1. The van der Waals surface area contributed by atoms with E-state index in [2.05, 4.69) is 10.6 Å². The van der Waals surface area contributed by atoms with Crippen molar-refractivity contribution in [2.75, 3.05) is 0 Å². The molecule has 1 aromatic rings. The maximum atomic E-state index is 13.5. The van der Waals surface area contributed by atoms with Crippen LogP contribution in [0.4, 0.5) is 13.6 Å². The van der Waals surface area contributed by atoms with Crippen LogP contribution in [0.5, 0.6) is 0 Å². The first kappa shape index (κ1) is 28.0. The standard InChI is InChI=1S/C14H17F2NO4.C12H23N/c1-14(2,3)21-13(20)17-11(12(18)19)6-8-4-5-9(15)7-10(8)16;1-3-7-11(8-4-1)13-12-9-5-2-6-10-12/h4-5,7,11H,6H2,1-3H3,(H,17,20)(H,18,19);11-13H,1-10H2/t11-;/m0./s1. The number of carboxylic acid groups (broad SMARTS) is 1. The molecule has 1 aromatic carbocycles. The van der Waals surface area contributed by atoms with Gasteiger partial charge in [0.1, 0.15) is 23.3 Å². The van der Waals surface area contributed by atoms with E-state index < -0.39 is 35.3 Å². The zero-order valence-corrected chi connectivity index (χ0v) is 20.7. The third-order valence-corrected chi connectivity index (χ3v) is 6.11. The second-order valence-electron chi connectivity index (χ2n) is 10.3. The lowest BCUT2D eigenvalue weighted by Gasteiger charge is -2.30. The molecule has 2 saturated carbocycles. The van der Waals surface area contributed by atoms with E-state index in [0.29, 0.717) is 6.07 Å². The third kappa shape index (κ3) is 10.8. The van der Waals surface area contributed by atoms with Crippen molar-refractivity contribution in [3.63, 3.8) is 0 Å². The molecule has 34 heavy (non-hydrogen) atoms. The Labute approximate surface area is 201 Å². The van der Waals surface area contributed by atoms with Crippen LogP contribution in [0.1, 0.15) is 90.5 Å². The minimum absolute atomic E-state index is 0.0140. The number of rotatable bonds is 6. The van der Waals surface area contributed by atoms with E-state index >= 15 is 0 Å². The topological polar surface area (TPSA) is 87.7 Å². The predicted molar refractivity (Wildman–Crippen MR) is 128 cm³/mol. The van der Waals surface area contributed by atoms with Crippen LogP contribution in [0.3, 0.4) is 0 Å². The number of carbonyl (C=O) groups is 2. The molecular weight excluding hydrogens is 442 g/mol. The summed E-state index contributed by atoms with van der Waals surface area (Å²) in [5.41, 5.74) is -0.797. The highest BCUT2D eigenvalue weighted by molar-refractivity contribution is 5.80. The van der Waals surface area contributed by atoms with Gasteiger partial charge in [0.05, 0.1) is 0 Å². The van der Waals surface area contributed by atoms with Crippen molar-refractivity contribution in [3.05, 3.63) is 35.4 Å². The number of benzene rings is 1. The maximum Gasteiger partial charge on any atom is 0.408 e. The van der Waals surface area contributed by atoms with Crippen LogP contribution < -0.4 is 10.6 Å². The molecule has 8 heteroatoms. The summed E-state index contributed by atoms with van der Waals surface area (Å²) < 4.78 is 31.2. The van der Waals surface area contributed by atoms with Crippen LogP contribution in [0, 0.1) is 11.6 Å². The van der Waals surface area contributed by atoms with Crippen LogP contribution in [0.25, 0.3) is 0 Å². The van der Waals surface area contributed by atoms with Crippen molar-refractivity contribution in [3.8, 4) is 0 Å². The average molecular weight is 483 g/mol. The van der Waals surface area contributed by atoms with Gasteiger partial charge in [0.2, 0.25) is 0 Å². The minimum atomic E-state index is -1.38. The largest absolute Gasteiger partial charge is 0.480 e. The fourth-order valence-corrected chi connectivity index (χ4v) is 4.43. The Kier molecular flexibility index (Phi) is 11.2. The van der Waals surface area contributed by atoms with E-state index in [1.54, 1.807) is 20.8 Å². The molecule has 0 radical (unpaired) electrons. The maximum absolute atomic E-state index is 13.5. The number of nitrogens with one attached hydrogen (secondary N) is 2. The van der Waals surface area contributed by atoms with Crippen molar-refractivity contribution in [2.45, 2.75) is 115 Å². The second kappa shape index (κ2) is 13.6. The van der Waals surface area contributed by atoms with E-state index in [0.717, 1.165) is 24.2 Å². The predicted octanol–water partition coefficient (Wildman–Crippen LogP) is 5.73. The molecule has 3 rings (SSSR count). The molecule has 1 atom stereocenters. The SMILES string of the molecule is C1CCC(NC2CCCCC2)CC1.CC(C)(C)OC(=O)N[C@@H](Cc1ccc(F)cc1F)C(=O)O. The van der Waals surface area contributed by atoms with Gasteiger partial charge in [0.25, 0.3) is 0 Å². The Bertz CT molecular complexity index is 769. The normalized spacial score (nSPS) is 18.4. The van der Waals surface area contributed by atoms with Gasteiger partial charge in [-0.3, -0.25) is 0 Å². The number of amides is 1. The number of aliphatic carboxylic acids is 1. The first-order valence-electron chi connectivity index (χ1n) is 12.5. The molecule has 0 saturated heterocycles. The third-order valence-electron chi connectivity index (χ3n) is 6.11. The molecular formula is C26H40F2N2O4. The number of carbonyl (C=O) groups excluding carboxylic acids is 1. The number of hydrogen-bond acceptors (Lipinski definition) is 4. The minimum Gasteiger partial charge on any atom is -0.480 e. The van der Waals surface area contributed by atoms with Gasteiger partial charge < -0.3 is 20.5 Å². The van der Waals surface area contributed by atoms with Crippen molar-refractivity contribution >= 4 is 12.1 Å². The Morgan fingerprint density at radius 3 is 1.97 bits per heavy atom. The summed E-state index contributed by atoms with van der Waals surface area (Å²) >= 11 is 0. The summed E-state index contributed by atoms with van der Waals surface area (Å²) in [6.07, 6.45) is 13.3. The van der Waals surface area contributed by atoms with Crippen molar-refractivity contribution in [1.82, 2.24) is 10.6 Å². The van der Waals surface area contributed by atoms with Crippen LogP contribution in [0.2, 0.25) is 0 Å². The number of hydrogen-bond donors (Lipinski definition) is 3. The highest BCUT2D eigenvalue weighted by atomic mass is 19.1. The summed E-state index contributed by atoms with van der Waals surface area (Å²) in [7, 11) is 0. The molecule has 2 aliphatic carbocycles. The molecule has 6 nitrogen and oxygen atoms in total. The van der Waals surface area contributed by atoms with Crippen LogP contribution in [0.15, 0.2) is 18.2 Å². The number of alkyl carbamates (subject to hydrolysis) is 1. The summed E-state index contributed by atoms with van der Waals surface area (Å²) in [5.74, 6) is -2.97. The van der Waals surface area contributed by atoms with E-state index in [4.69, 9.17) is 9.84 Å². The Morgan fingerprint density at radius 1 is 1.00 bits per heavy atom. The lowest BCUT2D eigenvalue weighted by Crippen LogP contribution is -2.44. The van der Waals surface area contributed by atoms with Gasteiger partial charge in [-0.15, -0.1) is 0 Å². The Balaban J connectivity index is 0.000000266. The molecule has 0 bridgehead atoms. The van der Waals surface area contributed by atoms with Gasteiger partial charge >= 0.3 is 12.1 Å². The molecule has 0 heterocycles. The highest BCUT2D eigenvalue weighted by Crippen LogP contribution is 2.22. The molecule has 0 unspecified atom stereocenters. The highest BCUT2D eigenvalue weighted by Gasteiger charge is 2.25. The van der Waals surface area contributed by atoms with Crippen molar-refractivity contribution < 1.29 is 28.2 Å². The lowest BCUT2D eigenvalue weighted by atomic mass is 9.91. The van der Waals surface area contributed by atoms with Crippen LogP contribution in [-0.4, -0.2) is 40.9 Å². The van der Waals surface area contributed by atoms with E-state index in [9.17, 15) is 18.4 Å². The van der Waals surface area contributed by atoms with Crippen molar-refractivity contribution in [1.29, 1.82) is 0 Å². The quantitative estimate of drug-likeness (QED) is 0.482. The number of halogens is 2. The first-order valence-corrected chi connectivity index (χ1v) is 12.5. The number of carboxylic acids is 1. The molecule has 2 aliphatic rings. The van der Waals surface area contributed by atoms with Crippen molar-refractivity contribution in [2.24, 2.45) is 0 Å². The van der Waals surface area contributed by atoms with Gasteiger partial charge in [-0.25, -0.2) is 18.4 Å². The average Bonchev–Trinajstić information content (AvgIpc) is 2.75. The zero-order chi connectivity index (χ0) is 25.1. The molecule has 3 N–H and O–H groups in total. The molecule has 1 amide bonds. The monoisotopic (exact) mass is 482 g/mol. The summed E-state index contributed by atoms with van der Waals surface area (Å²) in [5, 5.41) is 15.1. The van der Waals surface area contributed by atoms with Gasteiger partial charge in [-0.2, -0.15) is 0 Å². The summed E-state index contributed by atoms with van der Waals surface area (Å²) in [4.78, 5) is 22.7. The fraction of sp³-hybridized carbons (Fsp3) is 0.692. The van der Waals surface area contributed by atoms with Crippen LogP contribution >= 0.6 is 0 Å². The lowest BCUT2D eigenvalue weighted by molar-refractivity contribution is -0.139. The molecule has 2 fully saturated rings. The van der Waals surface area contributed by atoms with E-state index in [-0.39, 0.29) is 12.0 Å². The molecule has 0 aliphatic heterocycles. The Hall–Kier alpha value is -2.22. The zero-order valence-electron chi connectivity index (χ0n) is 20.7. The molecule has 0 aromatic heterocycles. The van der Waals surface area contributed by atoms with Gasteiger partial charge in [0.15, 0.2) is 0 Å². The van der Waals surface area contributed by atoms with E-state index in [1.807, 2.05) is 0 Å². The summed E-state index contributed by atoms with van der Waals surface area (Å²) in [6.45, 7) is 4.88. The van der Waals surface area contributed by atoms with Gasteiger partial charge in [-0.1, -0.05) is 44.6 Å². The van der Waals surface area contributed by atoms with Gasteiger partial charge in [0, 0.05) is 24.6 Å². The van der Waals surface area contributed by atoms with Gasteiger partial charge in [-0.05, 0) is 58.1 Å². The first-order chi connectivity index (χ1) is 16.0. The van der Waals surface area contributed by atoms with Crippen LogP contribution in [-0.2, 0) is 16.0 Å².